The molecule has 2 aromatic heterocycles. The van der Waals surface area contributed by atoms with Gasteiger partial charge < -0.3 is 9.47 Å². The molecule has 0 spiro atoms. The molecule has 0 amide bonds. The van der Waals surface area contributed by atoms with Crippen LogP contribution in [0.3, 0.4) is 0 Å². The van der Waals surface area contributed by atoms with Crippen molar-refractivity contribution in [3.63, 3.8) is 0 Å². The Labute approximate surface area is 127 Å². The van der Waals surface area contributed by atoms with Gasteiger partial charge in [-0.3, -0.25) is 4.68 Å². The number of rotatable bonds is 7. The Morgan fingerprint density at radius 1 is 1.62 bits per heavy atom. The lowest BCUT2D eigenvalue weighted by molar-refractivity contribution is -0.156. The summed E-state index contributed by atoms with van der Waals surface area (Å²) in [5.74, 6) is -0.409. The summed E-state index contributed by atoms with van der Waals surface area (Å²) in [5.41, 5.74) is 1.66. The van der Waals surface area contributed by atoms with Crippen LogP contribution >= 0.6 is 11.3 Å². The van der Waals surface area contributed by atoms with Crippen LogP contribution < -0.4 is 0 Å². The lowest BCUT2D eigenvalue weighted by atomic mass is 10.4. The fourth-order valence-corrected chi connectivity index (χ4v) is 2.36. The zero-order valence-electron chi connectivity index (χ0n) is 12.0. The molecule has 1 atom stereocenters. The molecule has 0 aliphatic heterocycles. The predicted molar refractivity (Wildman–Crippen MR) is 79.7 cm³/mol. The Kier molecular flexibility index (Phi) is 5.24. The van der Waals surface area contributed by atoms with Gasteiger partial charge in [0, 0.05) is 24.2 Å². The van der Waals surface area contributed by atoms with E-state index in [1.54, 1.807) is 23.9 Å². The molecule has 0 aromatic carbocycles. The Morgan fingerprint density at radius 2 is 2.43 bits per heavy atom. The Morgan fingerprint density at radius 3 is 3.10 bits per heavy atom. The maximum atomic E-state index is 11.7. The third-order valence-corrected chi connectivity index (χ3v) is 3.60. The van der Waals surface area contributed by atoms with Gasteiger partial charge in [-0.1, -0.05) is 6.08 Å². The van der Waals surface area contributed by atoms with E-state index in [2.05, 4.69) is 16.7 Å². The van der Waals surface area contributed by atoms with Gasteiger partial charge in [-0.2, -0.15) is 5.10 Å². The third-order valence-electron chi connectivity index (χ3n) is 2.66. The molecule has 2 rings (SSSR count). The van der Waals surface area contributed by atoms with Crippen LogP contribution in [-0.4, -0.2) is 33.4 Å². The second kappa shape index (κ2) is 7.14. The van der Waals surface area contributed by atoms with Gasteiger partial charge in [0.15, 0.2) is 6.10 Å². The van der Waals surface area contributed by atoms with Crippen LogP contribution in [0, 0.1) is 0 Å². The van der Waals surface area contributed by atoms with Crippen LogP contribution in [0.15, 0.2) is 30.4 Å². The number of aryl methyl sites for hydroxylation is 1. The van der Waals surface area contributed by atoms with E-state index < -0.39 is 12.1 Å². The van der Waals surface area contributed by atoms with Gasteiger partial charge in [0.2, 0.25) is 0 Å². The first-order chi connectivity index (χ1) is 10.1. The van der Waals surface area contributed by atoms with Crippen molar-refractivity contribution in [2.24, 2.45) is 7.05 Å². The van der Waals surface area contributed by atoms with Crippen molar-refractivity contribution >= 4 is 17.3 Å². The number of nitrogens with zero attached hydrogens (tertiary/aromatic N) is 3. The number of ether oxygens (including phenoxy) is 2. The number of aromatic nitrogens is 3. The van der Waals surface area contributed by atoms with Crippen LogP contribution in [-0.2, 0) is 27.9 Å². The molecule has 0 saturated carbocycles. The summed E-state index contributed by atoms with van der Waals surface area (Å²) in [4.78, 5) is 16.1. The van der Waals surface area contributed by atoms with Gasteiger partial charge in [-0.05, 0) is 6.92 Å². The normalized spacial score (nSPS) is 12.1. The molecule has 2 heterocycles. The second-order valence-electron chi connectivity index (χ2n) is 4.42. The topological polar surface area (TPSA) is 66.2 Å². The van der Waals surface area contributed by atoms with Crippen LogP contribution in [0.2, 0.25) is 0 Å². The van der Waals surface area contributed by atoms with Gasteiger partial charge in [-0.25, -0.2) is 9.78 Å². The van der Waals surface area contributed by atoms with Crippen LogP contribution in [0.25, 0.3) is 10.6 Å². The van der Waals surface area contributed by atoms with E-state index >= 15 is 0 Å². The highest BCUT2D eigenvalue weighted by atomic mass is 32.1. The zero-order valence-corrected chi connectivity index (χ0v) is 12.8. The van der Waals surface area contributed by atoms with Crippen LogP contribution in [0.4, 0.5) is 0 Å². The number of carbonyl (C=O) groups excluding carboxylic acids is 1. The molecule has 112 valence electrons. The lowest BCUT2D eigenvalue weighted by Crippen LogP contribution is -2.23. The van der Waals surface area contributed by atoms with E-state index in [9.17, 15) is 4.79 Å². The summed E-state index contributed by atoms with van der Waals surface area (Å²) >= 11 is 1.49. The predicted octanol–water partition coefficient (Wildman–Crippen LogP) is 2.18. The summed E-state index contributed by atoms with van der Waals surface area (Å²) in [6, 6.07) is 0. The first kappa shape index (κ1) is 15.4. The smallest absolute Gasteiger partial charge is 0.335 e. The third kappa shape index (κ3) is 4.24. The molecule has 1 unspecified atom stereocenters. The summed E-state index contributed by atoms with van der Waals surface area (Å²) in [7, 11) is 1.85. The van der Waals surface area contributed by atoms with Crippen LogP contribution in [0.5, 0.6) is 0 Å². The minimum Gasteiger partial charge on any atom is -0.457 e. The minimum atomic E-state index is -0.612. The maximum Gasteiger partial charge on any atom is 0.335 e. The number of carbonyl (C=O) groups is 1. The summed E-state index contributed by atoms with van der Waals surface area (Å²) in [6.07, 6.45) is 4.61. The number of esters is 1. The monoisotopic (exact) mass is 307 g/mol. The molecule has 0 fully saturated rings. The zero-order chi connectivity index (χ0) is 15.2. The van der Waals surface area contributed by atoms with Crippen molar-refractivity contribution in [1.82, 2.24) is 14.8 Å². The summed E-state index contributed by atoms with van der Waals surface area (Å²) < 4.78 is 12.1. The van der Waals surface area contributed by atoms with Gasteiger partial charge in [0.05, 0.1) is 18.5 Å². The molecular weight excluding hydrogens is 290 g/mol. The van der Waals surface area contributed by atoms with E-state index in [1.807, 2.05) is 18.6 Å². The van der Waals surface area contributed by atoms with E-state index in [0.717, 1.165) is 10.6 Å². The fraction of sp³-hybridized carbons (Fsp3) is 0.357. The molecule has 2 aromatic rings. The average Bonchev–Trinajstić information content (AvgIpc) is 3.10. The molecule has 21 heavy (non-hydrogen) atoms. The highest BCUT2D eigenvalue weighted by Crippen LogP contribution is 2.23. The molecule has 0 saturated heterocycles. The van der Waals surface area contributed by atoms with Crippen molar-refractivity contribution in [1.29, 1.82) is 0 Å². The minimum absolute atomic E-state index is 0.136. The highest BCUT2D eigenvalue weighted by Gasteiger charge is 2.15. The Hall–Kier alpha value is -1.99. The molecule has 6 nitrogen and oxygen atoms in total. The average molecular weight is 307 g/mol. The van der Waals surface area contributed by atoms with Gasteiger partial charge in [0.25, 0.3) is 0 Å². The van der Waals surface area contributed by atoms with E-state index in [0.29, 0.717) is 12.3 Å². The maximum absolute atomic E-state index is 11.7. The highest BCUT2D eigenvalue weighted by molar-refractivity contribution is 7.13. The molecule has 0 N–H and O–H groups in total. The van der Waals surface area contributed by atoms with Crippen molar-refractivity contribution < 1.29 is 14.3 Å². The van der Waals surface area contributed by atoms with Gasteiger partial charge in [-0.15, -0.1) is 17.9 Å². The largest absolute Gasteiger partial charge is 0.457 e. The molecular formula is C14H17N3O3S. The molecule has 0 bridgehead atoms. The first-order valence-electron chi connectivity index (χ1n) is 6.42. The standard InChI is InChI=1S/C14H17N3O3S/c1-4-5-19-10(2)14(18)20-8-12-9-21-13(16-12)11-6-15-17(3)7-11/h4,6-7,9-10H,1,5,8H2,2-3H3. The Balaban J connectivity index is 1.88. The number of hydrogen-bond acceptors (Lipinski definition) is 6. The fourth-order valence-electron chi connectivity index (χ4n) is 1.58. The second-order valence-corrected chi connectivity index (χ2v) is 5.28. The van der Waals surface area contributed by atoms with Crippen molar-refractivity contribution in [3.05, 3.63) is 36.1 Å². The molecule has 0 radical (unpaired) electrons. The van der Waals surface area contributed by atoms with Crippen LogP contribution in [0.1, 0.15) is 12.6 Å². The van der Waals surface area contributed by atoms with Crippen molar-refractivity contribution in [2.75, 3.05) is 6.61 Å². The van der Waals surface area contributed by atoms with Gasteiger partial charge >= 0.3 is 5.97 Å². The number of hydrogen-bond donors (Lipinski definition) is 0. The van der Waals surface area contributed by atoms with E-state index in [4.69, 9.17) is 9.47 Å². The van der Waals surface area contributed by atoms with Crippen molar-refractivity contribution in [2.45, 2.75) is 19.6 Å². The van der Waals surface area contributed by atoms with Gasteiger partial charge in [0.1, 0.15) is 11.6 Å². The molecule has 0 aliphatic rings. The molecule has 7 heteroatoms. The SMILES string of the molecule is C=CCOC(C)C(=O)OCc1csc(-c2cnn(C)c2)n1. The quantitative estimate of drug-likeness (QED) is 0.579. The lowest BCUT2D eigenvalue weighted by Gasteiger charge is -2.10. The van der Waals surface area contributed by atoms with E-state index in [1.165, 1.54) is 11.3 Å². The van der Waals surface area contributed by atoms with E-state index in [-0.39, 0.29) is 6.61 Å². The molecule has 0 aliphatic carbocycles. The Bertz CT molecular complexity index is 621. The summed E-state index contributed by atoms with van der Waals surface area (Å²) in [6.45, 7) is 5.63. The van der Waals surface area contributed by atoms with Crippen molar-refractivity contribution in [3.8, 4) is 10.6 Å². The summed E-state index contributed by atoms with van der Waals surface area (Å²) in [5, 5.41) is 6.82. The number of thiazole rings is 1. The first-order valence-corrected chi connectivity index (χ1v) is 7.30.